The quantitative estimate of drug-likeness (QED) is 0.807. The second kappa shape index (κ2) is 6.78. The van der Waals surface area contributed by atoms with Crippen LogP contribution in [0.1, 0.15) is 5.56 Å². The summed E-state index contributed by atoms with van der Waals surface area (Å²) in [6.07, 6.45) is 0. The molecule has 0 saturated carbocycles. The van der Waals surface area contributed by atoms with Crippen LogP contribution in [-0.4, -0.2) is 63.3 Å². The molecule has 1 aliphatic heterocycles. The molecule has 106 valence electrons. The van der Waals surface area contributed by atoms with E-state index >= 15 is 0 Å². The number of hydrogen-bond donors (Lipinski definition) is 0. The molecule has 0 aromatic heterocycles. The number of benzene rings is 1. The Balaban J connectivity index is 1.75. The van der Waals surface area contributed by atoms with E-state index in [9.17, 15) is 0 Å². The summed E-state index contributed by atoms with van der Waals surface area (Å²) in [5.74, 6) is 1.83. The van der Waals surface area contributed by atoms with E-state index in [-0.39, 0.29) is 0 Å². The molecule has 4 heteroatoms. The summed E-state index contributed by atoms with van der Waals surface area (Å²) in [5.41, 5.74) is 1.11. The number of nitrogens with zero attached hydrogens (tertiary/aromatic N) is 2. The fraction of sp³-hybridized carbons (Fsp3) is 0.600. The van der Waals surface area contributed by atoms with Crippen LogP contribution in [0.3, 0.4) is 0 Å². The molecule has 19 heavy (non-hydrogen) atoms. The van der Waals surface area contributed by atoms with Gasteiger partial charge in [-0.2, -0.15) is 0 Å². The van der Waals surface area contributed by atoms with Crippen LogP contribution in [0.15, 0.2) is 18.2 Å². The van der Waals surface area contributed by atoms with Crippen LogP contribution >= 0.6 is 0 Å². The highest BCUT2D eigenvalue weighted by Crippen LogP contribution is 2.22. The monoisotopic (exact) mass is 264 g/mol. The Morgan fingerprint density at radius 3 is 2.53 bits per heavy atom. The van der Waals surface area contributed by atoms with Crippen molar-refractivity contribution in [1.82, 2.24) is 9.80 Å². The van der Waals surface area contributed by atoms with Crippen LogP contribution in [0.5, 0.6) is 11.5 Å². The van der Waals surface area contributed by atoms with E-state index in [0.717, 1.165) is 56.4 Å². The molecular weight excluding hydrogens is 240 g/mol. The van der Waals surface area contributed by atoms with Gasteiger partial charge in [0.05, 0.1) is 7.11 Å². The van der Waals surface area contributed by atoms with Gasteiger partial charge in [-0.05, 0) is 37.7 Å². The molecule has 0 atom stereocenters. The third-order valence-corrected chi connectivity index (χ3v) is 3.64. The Morgan fingerprint density at radius 1 is 1.16 bits per heavy atom. The molecule has 0 bridgehead atoms. The van der Waals surface area contributed by atoms with Gasteiger partial charge in [0.1, 0.15) is 18.1 Å². The summed E-state index contributed by atoms with van der Waals surface area (Å²) >= 11 is 0. The molecule has 0 aliphatic carbocycles. The van der Waals surface area contributed by atoms with Crippen molar-refractivity contribution in [3.8, 4) is 11.5 Å². The topological polar surface area (TPSA) is 24.9 Å². The van der Waals surface area contributed by atoms with Gasteiger partial charge in [0.2, 0.25) is 0 Å². The third-order valence-electron chi connectivity index (χ3n) is 3.64. The molecule has 1 aromatic carbocycles. The van der Waals surface area contributed by atoms with E-state index in [1.165, 1.54) is 0 Å². The fourth-order valence-electron chi connectivity index (χ4n) is 2.30. The van der Waals surface area contributed by atoms with Crippen molar-refractivity contribution < 1.29 is 9.47 Å². The number of piperazine rings is 1. The minimum absolute atomic E-state index is 0.746. The lowest BCUT2D eigenvalue weighted by atomic mass is 10.2. The predicted octanol–water partition coefficient (Wildman–Crippen LogP) is 1.63. The van der Waals surface area contributed by atoms with Crippen LogP contribution in [0.25, 0.3) is 0 Å². The van der Waals surface area contributed by atoms with Crippen LogP contribution in [0, 0.1) is 6.92 Å². The van der Waals surface area contributed by atoms with Gasteiger partial charge in [-0.1, -0.05) is 0 Å². The van der Waals surface area contributed by atoms with Gasteiger partial charge >= 0.3 is 0 Å². The zero-order chi connectivity index (χ0) is 13.7. The smallest absolute Gasteiger partial charge is 0.122 e. The Bertz CT molecular complexity index is 401. The number of aryl methyl sites for hydroxylation is 1. The summed E-state index contributed by atoms with van der Waals surface area (Å²) in [4.78, 5) is 4.82. The van der Waals surface area contributed by atoms with Crippen LogP contribution in [-0.2, 0) is 0 Å². The van der Waals surface area contributed by atoms with Crippen molar-refractivity contribution in [3.63, 3.8) is 0 Å². The second-order valence-corrected chi connectivity index (χ2v) is 5.12. The van der Waals surface area contributed by atoms with Gasteiger partial charge in [0, 0.05) is 32.7 Å². The van der Waals surface area contributed by atoms with Crippen LogP contribution < -0.4 is 9.47 Å². The van der Waals surface area contributed by atoms with Crippen molar-refractivity contribution in [2.75, 3.05) is 53.5 Å². The first kappa shape index (κ1) is 14.2. The summed E-state index contributed by atoms with van der Waals surface area (Å²) in [6, 6.07) is 5.96. The Hall–Kier alpha value is -1.26. The average molecular weight is 264 g/mol. The van der Waals surface area contributed by atoms with Crippen molar-refractivity contribution >= 4 is 0 Å². The zero-order valence-corrected chi connectivity index (χ0v) is 12.2. The zero-order valence-electron chi connectivity index (χ0n) is 12.2. The molecule has 0 radical (unpaired) electrons. The first-order valence-corrected chi connectivity index (χ1v) is 6.87. The standard InChI is InChI=1S/C15H24N2O2/c1-13-12-14(4-5-15(13)18-3)19-11-10-17-8-6-16(2)7-9-17/h4-5,12H,6-11H2,1-3H3. The maximum Gasteiger partial charge on any atom is 0.122 e. The minimum Gasteiger partial charge on any atom is -0.496 e. The first-order valence-electron chi connectivity index (χ1n) is 6.87. The fourth-order valence-corrected chi connectivity index (χ4v) is 2.30. The van der Waals surface area contributed by atoms with E-state index in [1.807, 2.05) is 25.1 Å². The lowest BCUT2D eigenvalue weighted by molar-refractivity contribution is 0.133. The summed E-state index contributed by atoms with van der Waals surface area (Å²) in [5, 5.41) is 0. The first-order chi connectivity index (χ1) is 9.19. The average Bonchev–Trinajstić information content (AvgIpc) is 2.41. The second-order valence-electron chi connectivity index (χ2n) is 5.12. The molecule has 0 unspecified atom stereocenters. The van der Waals surface area contributed by atoms with Crippen LogP contribution in [0.4, 0.5) is 0 Å². The van der Waals surface area contributed by atoms with Gasteiger partial charge < -0.3 is 14.4 Å². The minimum atomic E-state index is 0.746. The molecule has 1 aliphatic rings. The molecule has 1 aromatic rings. The van der Waals surface area contributed by atoms with Crippen molar-refractivity contribution in [3.05, 3.63) is 23.8 Å². The molecule has 0 spiro atoms. The normalized spacial score (nSPS) is 17.4. The number of hydrogen-bond acceptors (Lipinski definition) is 4. The largest absolute Gasteiger partial charge is 0.496 e. The Kier molecular flexibility index (Phi) is 5.05. The Morgan fingerprint density at radius 2 is 1.89 bits per heavy atom. The lowest BCUT2D eigenvalue weighted by Gasteiger charge is -2.32. The molecular formula is C15H24N2O2. The van der Waals surface area contributed by atoms with E-state index in [1.54, 1.807) is 7.11 Å². The highest BCUT2D eigenvalue weighted by molar-refractivity contribution is 5.39. The molecule has 0 N–H and O–H groups in total. The molecule has 1 fully saturated rings. The number of ether oxygens (including phenoxy) is 2. The number of methoxy groups -OCH3 is 1. The molecule has 1 heterocycles. The number of likely N-dealkylation sites (N-methyl/N-ethyl adjacent to an activating group) is 1. The third kappa shape index (κ3) is 4.11. The molecule has 2 rings (SSSR count). The molecule has 4 nitrogen and oxygen atoms in total. The van der Waals surface area contributed by atoms with Crippen LogP contribution in [0.2, 0.25) is 0 Å². The van der Waals surface area contributed by atoms with Crippen molar-refractivity contribution in [2.24, 2.45) is 0 Å². The van der Waals surface area contributed by atoms with Crippen molar-refractivity contribution in [2.45, 2.75) is 6.92 Å². The summed E-state index contributed by atoms with van der Waals surface area (Å²) in [7, 11) is 3.87. The van der Waals surface area contributed by atoms with Gasteiger partial charge in [-0.3, -0.25) is 4.90 Å². The summed E-state index contributed by atoms with van der Waals surface area (Å²) < 4.78 is 11.0. The maximum absolute atomic E-state index is 5.81. The van der Waals surface area contributed by atoms with Crippen molar-refractivity contribution in [1.29, 1.82) is 0 Å². The lowest BCUT2D eigenvalue weighted by Crippen LogP contribution is -2.45. The molecule has 0 amide bonds. The molecule has 1 saturated heterocycles. The Labute approximate surface area is 115 Å². The summed E-state index contributed by atoms with van der Waals surface area (Å²) in [6.45, 7) is 8.37. The SMILES string of the molecule is COc1ccc(OCCN2CCN(C)CC2)cc1C. The highest BCUT2D eigenvalue weighted by Gasteiger charge is 2.13. The van der Waals surface area contributed by atoms with E-state index < -0.39 is 0 Å². The van der Waals surface area contributed by atoms with Gasteiger partial charge in [-0.15, -0.1) is 0 Å². The van der Waals surface area contributed by atoms with Gasteiger partial charge in [0.15, 0.2) is 0 Å². The van der Waals surface area contributed by atoms with E-state index in [2.05, 4.69) is 16.8 Å². The number of rotatable bonds is 5. The van der Waals surface area contributed by atoms with E-state index in [0.29, 0.717) is 0 Å². The predicted molar refractivity (Wildman–Crippen MR) is 77.2 cm³/mol. The highest BCUT2D eigenvalue weighted by atomic mass is 16.5. The van der Waals surface area contributed by atoms with Gasteiger partial charge in [0.25, 0.3) is 0 Å². The maximum atomic E-state index is 5.81. The van der Waals surface area contributed by atoms with Gasteiger partial charge in [-0.25, -0.2) is 0 Å². The van der Waals surface area contributed by atoms with E-state index in [4.69, 9.17) is 9.47 Å².